The maximum Gasteiger partial charge on any atom is 0.265 e. The van der Waals surface area contributed by atoms with Crippen LogP contribution in [-0.4, -0.2) is 48.4 Å². The number of piperidine rings is 1. The minimum Gasteiger partial charge on any atom is -0.497 e. The van der Waals surface area contributed by atoms with Crippen molar-refractivity contribution in [3.63, 3.8) is 0 Å². The third kappa shape index (κ3) is 5.13. The van der Waals surface area contributed by atoms with Crippen molar-refractivity contribution >= 4 is 25.7 Å². The molecule has 2 atom stereocenters. The molecule has 2 aromatic rings. The summed E-state index contributed by atoms with van der Waals surface area (Å²) in [6, 6.07) is 10.1. The quantitative estimate of drug-likeness (QED) is 0.670. The minimum absolute atomic E-state index is 0.0520. The predicted octanol–water partition coefficient (Wildman–Crippen LogP) is 3.17. The van der Waals surface area contributed by atoms with Crippen molar-refractivity contribution in [1.82, 2.24) is 4.31 Å². The lowest BCUT2D eigenvalue weighted by atomic mass is 9.94. The molecule has 1 aliphatic rings. The van der Waals surface area contributed by atoms with Gasteiger partial charge in [-0.25, -0.2) is 16.8 Å². The number of hydrogen-bond donors (Lipinski definition) is 1. The van der Waals surface area contributed by atoms with E-state index >= 15 is 0 Å². The molecule has 1 N–H and O–H groups in total. The first-order valence-electron chi connectivity index (χ1n) is 9.92. The molecule has 10 heteroatoms. The SMILES string of the molecule is COc1ccc(S(=O)(=O)Nc2ccc(S(=O)(=O)N3CC(C)CC(C)C3)cc2)c(OC)c1. The summed E-state index contributed by atoms with van der Waals surface area (Å²) < 4.78 is 65.9. The van der Waals surface area contributed by atoms with Crippen molar-refractivity contribution in [1.29, 1.82) is 0 Å². The Balaban J connectivity index is 1.82. The highest BCUT2D eigenvalue weighted by molar-refractivity contribution is 7.92. The normalized spacial score (nSPS) is 20.3. The molecular formula is C21H28N2O6S2. The Hall–Kier alpha value is -2.30. The predicted molar refractivity (Wildman–Crippen MR) is 119 cm³/mol. The first-order valence-corrected chi connectivity index (χ1v) is 12.8. The van der Waals surface area contributed by atoms with Gasteiger partial charge in [0, 0.05) is 24.8 Å². The van der Waals surface area contributed by atoms with Crippen LogP contribution in [0.1, 0.15) is 20.3 Å². The topological polar surface area (TPSA) is 102 Å². The van der Waals surface area contributed by atoms with Crippen molar-refractivity contribution in [3.05, 3.63) is 42.5 Å². The number of methoxy groups -OCH3 is 2. The van der Waals surface area contributed by atoms with Gasteiger partial charge in [0.15, 0.2) is 0 Å². The molecule has 2 unspecified atom stereocenters. The molecule has 1 aliphatic heterocycles. The average molecular weight is 469 g/mol. The fourth-order valence-corrected chi connectivity index (χ4v) is 6.74. The van der Waals surface area contributed by atoms with E-state index in [4.69, 9.17) is 9.47 Å². The van der Waals surface area contributed by atoms with Crippen LogP contribution in [0, 0.1) is 11.8 Å². The van der Waals surface area contributed by atoms with Gasteiger partial charge in [0.2, 0.25) is 10.0 Å². The van der Waals surface area contributed by atoms with Crippen LogP contribution in [0.15, 0.2) is 52.3 Å². The van der Waals surface area contributed by atoms with E-state index in [1.54, 1.807) is 0 Å². The van der Waals surface area contributed by atoms with E-state index in [0.29, 0.717) is 30.7 Å². The Kier molecular flexibility index (Phi) is 6.82. The Bertz CT molecular complexity index is 1120. The van der Waals surface area contributed by atoms with Crippen LogP contribution >= 0.6 is 0 Å². The third-order valence-electron chi connectivity index (χ3n) is 5.24. The summed E-state index contributed by atoms with van der Waals surface area (Å²) in [6.07, 6.45) is 1.00. The maximum atomic E-state index is 13.0. The molecule has 3 rings (SSSR count). The smallest absolute Gasteiger partial charge is 0.265 e. The zero-order valence-electron chi connectivity index (χ0n) is 18.0. The van der Waals surface area contributed by atoms with Crippen LogP contribution in [0.4, 0.5) is 5.69 Å². The van der Waals surface area contributed by atoms with Crippen molar-refractivity contribution in [2.45, 2.75) is 30.1 Å². The van der Waals surface area contributed by atoms with E-state index in [1.807, 2.05) is 13.8 Å². The minimum atomic E-state index is -3.95. The summed E-state index contributed by atoms with van der Waals surface area (Å²) >= 11 is 0. The van der Waals surface area contributed by atoms with E-state index in [1.165, 1.54) is 61.0 Å². The van der Waals surface area contributed by atoms with Crippen LogP contribution in [0.5, 0.6) is 11.5 Å². The Labute approximate surface area is 184 Å². The largest absolute Gasteiger partial charge is 0.497 e. The molecule has 170 valence electrons. The molecule has 0 spiro atoms. The van der Waals surface area contributed by atoms with Gasteiger partial charge in [-0.05, 0) is 54.7 Å². The van der Waals surface area contributed by atoms with E-state index in [0.717, 1.165) is 6.42 Å². The second kappa shape index (κ2) is 9.05. The number of hydrogen-bond acceptors (Lipinski definition) is 6. The van der Waals surface area contributed by atoms with Gasteiger partial charge in [-0.15, -0.1) is 0 Å². The summed E-state index contributed by atoms with van der Waals surface area (Å²) in [5.41, 5.74) is 0.247. The third-order valence-corrected chi connectivity index (χ3v) is 8.51. The monoisotopic (exact) mass is 468 g/mol. The van der Waals surface area contributed by atoms with Gasteiger partial charge in [-0.1, -0.05) is 13.8 Å². The van der Waals surface area contributed by atoms with Gasteiger partial charge in [0.1, 0.15) is 16.4 Å². The number of benzene rings is 2. The van der Waals surface area contributed by atoms with Gasteiger partial charge >= 0.3 is 0 Å². The fourth-order valence-electron chi connectivity index (χ4n) is 3.85. The molecule has 1 saturated heterocycles. The van der Waals surface area contributed by atoms with Gasteiger partial charge in [-0.2, -0.15) is 4.31 Å². The average Bonchev–Trinajstić information content (AvgIpc) is 2.72. The number of rotatable bonds is 7. The lowest BCUT2D eigenvalue weighted by Gasteiger charge is -2.34. The van der Waals surface area contributed by atoms with Gasteiger partial charge < -0.3 is 9.47 Å². The Morgan fingerprint density at radius 3 is 2.06 bits per heavy atom. The lowest BCUT2D eigenvalue weighted by Crippen LogP contribution is -2.42. The number of anilines is 1. The number of nitrogens with zero attached hydrogens (tertiary/aromatic N) is 1. The Morgan fingerprint density at radius 2 is 1.52 bits per heavy atom. The van der Waals surface area contributed by atoms with Crippen LogP contribution < -0.4 is 14.2 Å². The highest BCUT2D eigenvalue weighted by Gasteiger charge is 2.31. The maximum absolute atomic E-state index is 13.0. The first kappa shape index (κ1) is 23.4. The highest BCUT2D eigenvalue weighted by Crippen LogP contribution is 2.31. The molecule has 8 nitrogen and oxygen atoms in total. The second-order valence-electron chi connectivity index (χ2n) is 7.91. The van der Waals surface area contributed by atoms with Crippen LogP contribution in [-0.2, 0) is 20.0 Å². The van der Waals surface area contributed by atoms with Crippen molar-refractivity contribution < 1.29 is 26.3 Å². The molecule has 0 aromatic heterocycles. The molecule has 1 heterocycles. The van der Waals surface area contributed by atoms with Gasteiger partial charge in [0.25, 0.3) is 10.0 Å². The van der Waals surface area contributed by atoms with Gasteiger partial charge in [-0.3, -0.25) is 4.72 Å². The molecule has 1 fully saturated rings. The first-order chi connectivity index (χ1) is 14.6. The van der Waals surface area contributed by atoms with Crippen LogP contribution in [0.25, 0.3) is 0 Å². The summed E-state index contributed by atoms with van der Waals surface area (Å²) in [4.78, 5) is 0.0857. The van der Waals surface area contributed by atoms with Crippen molar-refractivity contribution in [2.75, 3.05) is 32.0 Å². The van der Waals surface area contributed by atoms with Crippen molar-refractivity contribution in [3.8, 4) is 11.5 Å². The molecule has 2 aromatic carbocycles. The fraction of sp³-hybridized carbons (Fsp3) is 0.429. The second-order valence-corrected chi connectivity index (χ2v) is 11.5. The number of nitrogens with one attached hydrogen (secondary N) is 1. The molecule has 31 heavy (non-hydrogen) atoms. The molecule has 0 saturated carbocycles. The summed E-state index contributed by atoms with van der Waals surface area (Å²) in [5.74, 6) is 1.19. The van der Waals surface area contributed by atoms with E-state index in [9.17, 15) is 16.8 Å². The van der Waals surface area contributed by atoms with E-state index in [-0.39, 0.29) is 21.2 Å². The van der Waals surface area contributed by atoms with E-state index in [2.05, 4.69) is 4.72 Å². The number of sulfonamides is 2. The zero-order chi connectivity index (χ0) is 22.8. The van der Waals surface area contributed by atoms with Crippen LogP contribution in [0.3, 0.4) is 0 Å². The lowest BCUT2D eigenvalue weighted by molar-refractivity contribution is 0.222. The molecule has 0 radical (unpaired) electrons. The Morgan fingerprint density at radius 1 is 0.903 bits per heavy atom. The van der Waals surface area contributed by atoms with Gasteiger partial charge in [0.05, 0.1) is 19.1 Å². The molecule has 0 bridgehead atoms. The summed E-state index contributed by atoms with van der Waals surface area (Å²) in [5, 5.41) is 0. The van der Waals surface area contributed by atoms with E-state index < -0.39 is 20.0 Å². The summed E-state index contributed by atoms with van der Waals surface area (Å²) in [7, 11) is -4.75. The summed E-state index contributed by atoms with van der Waals surface area (Å²) in [6.45, 7) is 5.06. The highest BCUT2D eigenvalue weighted by atomic mass is 32.2. The van der Waals surface area contributed by atoms with Crippen LogP contribution in [0.2, 0.25) is 0 Å². The number of ether oxygens (including phenoxy) is 2. The van der Waals surface area contributed by atoms with Crippen molar-refractivity contribution in [2.24, 2.45) is 11.8 Å². The standard InChI is InChI=1S/C21H28N2O6S2/c1-15-11-16(2)14-23(13-15)31(26,27)19-8-5-17(6-9-19)22-30(24,25)21-10-7-18(28-3)12-20(21)29-4/h5-10,12,15-16,22H,11,13-14H2,1-4H3. The zero-order valence-corrected chi connectivity index (χ0v) is 19.7. The molecular weight excluding hydrogens is 440 g/mol. The molecule has 0 aliphatic carbocycles. The molecule has 0 amide bonds.